The molecule has 3 rings (SSSR count). The molecule has 0 aliphatic carbocycles. The summed E-state index contributed by atoms with van der Waals surface area (Å²) in [7, 11) is 0. The zero-order valence-corrected chi connectivity index (χ0v) is 17.9. The highest BCUT2D eigenvalue weighted by Crippen LogP contribution is 2.22. The van der Waals surface area contributed by atoms with Crippen molar-refractivity contribution in [3.63, 3.8) is 0 Å². The molecule has 0 fully saturated rings. The Labute approximate surface area is 170 Å². The maximum atomic E-state index is 12.8. The van der Waals surface area contributed by atoms with E-state index >= 15 is 0 Å². The summed E-state index contributed by atoms with van der Waals surface area (Å²) >= 11 is 1.63. The molecule has 1 N–H and O–H groups in total. The largest absolute Gasteiger partial charge is 0.464 e. The number of nitrogens with zero attached hydrogens (tertiary/aromatic N) is 2. The molecule has 0 unspecified atom stereocenters. The molecule has 0 aliphatic rings. The van der Waals surface area contributed by atoms with Gasteiger partial charge in [0, 0.05) is 36.0 Å². The van der Waals surface area contributed by atoms with E-state index in [1.807, 2.05) is 35.4 Å². The second-order valence-electron chi connectivity index (χ2n) is 8.36. The number of carbonyl (C=O) groups is 1. The molecule has 5 nitrogen and oxygen atoms in total. The summed E-state index contributed by atoms with van der Waals surface area (Å²) in [5.74, 6) is 0.193. The number of benzene rings is 1. The van der Waals surface area contributed by atoms with E-state index in [4.69, 9.17) is 4.42 Å². The Morgan fingerprint density at radius 3 is 2.82 bits per heavy atom. The van der Waals surface area contributed by atoms with Gasteiger partial charge in [0.2, 0.25) is 5.91 Å². The van der Waals surface area contributed by atoms with Crippen molar-refractivity contribution in [3.8, 4) is 0 Å². The van der Waals surface area contributed by atoms with E-state index in [2.05, 4.69) is 37.1 Å². The van der Waals surface area contributed by atoms with E-state index in [1.165, 1.54) is 0 Å². The predicted molar refractivity (Wildman–Crippen MR) is 116 cm³/mol. The summed E-state index contributed by atoms with van der Waals surface area (Å²) < 4.78 is 5.38. The van der Waals surface area contributed by atoms with Gasteiger partial charge < -0.3 is 14.6 Å². The number of carbonyl (C=O) groups excluding carboxylic acids is 1. The molecule has 0 atom stereocenters. The van der Waals surface area contributed by atoms with Gasteiger partial charge in [-0.1, -0.05) is 20.8 Å². The molecule has 2 heterocycles. The number of rotatable bonds is 8. The summed E-state index contributed by atoms with van der Waals surface area (Å²) in [6, 6.07) is 8.04. The Kier molecular flexibility index (Phi) is 6.39. The van der Waals surface area contributed by atoms with Crippen LogP contribution >= 0.6 is 11.3 Å². The van der Waals surface area contributed by atoms with Crippen LogP contribution in [0, 0.1) is 12.3 Å². The zero-order chi connectivity index (χ0) is 20.1. The normalized spacial score (nSPS) is 11.7. The number of nitrogens with one attached hydrogen (secondary N) is 1. The van der Waals surface area contributed by atoms with Crippen LogP contribution in [0.3, 0.4) is 0 Å². The van der Waals surface area contributed by atoms with Crippen LogP contribution in [-0.4, -0.2) is 28.9 Å². The lowest BCUT2D eigenvalue weighted by atomic mass is 9.91. The zero-order valence-electron chi connectivity index (χ0n) is 17.1. The highest BCUT2D eigenvalue weighted by molar-refractivity contribution is 7.09. The fraction of sp³-hybridized carbons (Fsp3) is 0.455. The van der Waals surface area contributed by atoms with Crippen molar-refractivity contribution in [3.05, 3.63) is 46.6 Å². The van der Waals surface area contributed by atoms with Crippen LogP contribution in [0.15, 0.2) is 40.3 Å². The molecule has 1 amide bonds. The minimum Gasteiger partial charge on any atom is -0.464 e. The summed E-state index contributed by atoms with van der Waals surface area (Å²) in [6.07, 6.45) is 3.12. The van der Waals surface area contributed by atoms with Crippen LogP contribution in [0.25, 0.3) is 11.0 Å². The third kappa shape index (κ3) is 5.83. The Hall–Kier alpha value is -2.34. The second kappa shape index (κ2) is 8.78. The number of aryl methyl sites for hydroxylation is 1. The fourth-order valence-electron chi connectivity index (χ4n) is 3.11. The van der Waals surface area contributed by atoms with Crippen molar-refractivity contribution in [2.24, 2.45) is 5.41 Å². The highest BCUT2D eigenvalue weighted by atomic mass is 32.1. The lowest BCUT2D eigenvalue weighted by Crippen LogP contribution is -2.34. The number of hydrogen-bond donors (Lipinski definition) is 1. The van der Waals surface area contributed by atoms with Gasteiger partial charge >= 0.3 is 0 Å². The third-order valence-electron chi connectivity index (χ3n) is 4.44. The van der Waals surface area contributed by atoms with E-state index in [-0.39, 0.29) is 11.3 Å². The predicted octanol–water partition coefficient (Wildman–Crippen LogP) is 5.46. The summed E-state index contributed by atoms with van der Waals surface area (Å²) in [6.45, 7) is 10.4. The molecule has 0 spiro atoms. The molecule has 6 heteroatoms. The molecule has 28 heavy (non-hydrogen) atoms. The van der Waals surface area contributed by atoms with Crippen molar-refractivity contribution >= 4 is 33.9 Å². The average Bonchev–Trinajstić information content (AvgIpc) is 3.24. The van der Waals surface area contributed by atoms with Gasteiger partial charge in [-0.2, -0.15) is 0 Å². The Bertz CT molecular complexity index is 923. The molecule has 0 aliphatic heterocycles. The first-order valence-electron chi connectivity index (χ1n) is 9.70. The fourth-order valence-corrected chi connectivity index (χ4v) is 3.72. The summed E-state index contributed by atoms with van der Waals surface area (Å²) in [4.78, 5) is 19.3. The number of aromatic nitrogens is 1. The first kappa shape index (κ1) is 20.4. The maximum absolute atomic E-state index is 12.8. The quantitative estimate of drug-likeness (QED) is 0.511. The molecule has 0 saturated carbocycles. The summed E-state index contributed by atoms with van der Waals surface area (Å²) in [5.41, 5.74) is 2.91. The molecule has 1 aromatic carbocycles. The monoisotopic (exact) mass is 399 g/mol. The molecule has 3 aromatic rings. The Morgan fingerprint density at radius 1 is 1.29 bits per heavy atom. The number of thiazole rings is 1. The molecular weight excluding hydrogens is 370 g/mol. The molecule has 2 aromatic heterocycles. The minimum absolute atomic E-state index is 0.0222. The number of furan rings is 1. The van der Waals surface area contributed by atoms with E-state index < -0.39 is 0 Å². The van der Waals surface area contributed by atoms with Gasteiger partial charge in [-0.3, -0.25) is 4.79 Å². The smallest absolute Gasteiger partial charge is 0.223 e. The Morgan fingerprint density at radius 2 is 2.11 bits per heavy atom. The standard InChI is InChI=1S/C22H29N3O2S/c1-16-24-19(15-28-16)14-25(21(26)13-22(2,3)4)10-5-9-23-18-6-7-20-17(12-18)8-11-27-20/h6-8,11-12,15,23H,5,9-10,13-14H2,1-4H3. The van der Waals surface area contributed by atoms with Crippen molar-refractivity contribution in [2.75, 3.05) is 18.4 Å². The number of amides is 1. The lowest BCUT2D eigenvalue weighted by Gasteiger charge is -2.26. The average molecular weight is 400 g/mol. The summed E-state index contributed by atoms with van der Waals surface area (Å²) in [5, 5.41) is 7.62. The van der Waals surface area contributed by atoms with Crippen molar-refractivity contribution in [1.82, 2.24) is 9.88 Å². The van der Waals surface area contributed by atoms with E-state index in [9.17, 15) is 4.79 Å². The second-order valence-corrected chi connectivity index (χ2v) is 9.43. The van der Waals surface area contributed by atoms with Crippen molar-refractivity contribution in [1.29, 1.82) is 0 Å². The molecule has 0 saturated heterocycles. The van der Waals surface area contributed by atoms with Gasteiger partial charge in [0.25, 0.3) is 0 Å². The van der Waals surface area contributed by atoms with Crippen LogP contribution in [0.4, 0.5) is 5.69 Å². The van der Waals surface area contributed by atoms with Gasteiger partial charge in [0.1, 0.15) is 5.58 Å². The van der Waals surface area contributed by atoms with E-state index in [0.29, 0.717) is 19.5 Å². The van der Waals surface area contributed by atoms with E-state index in [1.54, 1.807) is 17.6 Å². The SMILES string of the molecule is Cc1nc(CN(CCCNc2ccc3occc3c2)C(=O)CC(C)(C)C)cs1. The number of hydrogen-bond acceptors (Lipinski definition) is 5. The van der Waals surface area contributed by atoms with Crippen LogP contribution < -0.4 is 5.32 Å². The Balaban J connectivity index is 1.56. The van der Waals surface area contributed by atoms with E-state index in [0.717, 1.165) is 40.3 Å². The molecule has 150 valence electrons. The van der Waals surface area contributed by atoms with Crippen LogP contribution in [0.1, 0.15) is 44.3 Å². The van der Waals surface area contributed by atoms with Gasteiger partial charge in [0.05, 0.1) is 23.5 Å². The lowest BCUT2D eigenvalue weighted by molar-refractivity contribution is -0.133. The molecule has 0 radical (unpaired) electrons. The first-order chi connectivity index (χ1) is 13.3. The maximum Gasteiger partial charge on any atom is 0.223 e. The van der Waals surface area contributed by atoms with Crippen molar-refractivity contribution < 1.29 is 9.21 Å². The minimum atomic E-state index is -0.0222. The van der Waals surface area contributed by atoms with Gasteiger partial charge in [-0.25, -0.2) is 4.98 Å². The number of anilines is 1. The van der Waals surface area contributed by atoms with Crippen LogP contribution in [0.5, 0.6) is 0 Å². The molecule has 0 bridgehead atoms. The van der Waals surface area contributed by atoms with Gasteiger partial charge in [0.15, 0.2) is 0 Å². The van der Waals surface area contributed by atoms with Crippen LogP contribution in [0.2, 0.25) is 0 Å². The van der Waals surface area contributed by atoms with Crippen molar-refractivity contribution in [2.45, 2.75) is 47.1 Å². The highest BCUT2D eigenvalue weighted by Gasteiger charge is 2.21. The first-order valence-corrected chi connectivity index (χ1v) is 10.6. The van der Waals surface area contributed by atoms with Gasteiger partial charge in [-0.15, -0.1) is 11.3 Å². The third-order valence-corrected chi connectivity index (χ3v) is 5.26. The topological polar surface area (TPSA) is 58.4 Å². The van der Waals surface area contributed by atoms with Crippen LogP contribution in [-0.2, 0) is 11.3 Å². The number of fused-ring (bicyclic) bond motifs is 1. The van der Waals surface area contributed by atoms with Gasteiger partial charge in [-0.05, 0) is 43.0 Å². The molecular formula is C22H29N3O2S.